The van der Waals surface area contributed by atoms with Crippen LogP contribution in [0.2, 0.25) is 5.02 Å². The smallest absolute Gasteiger partial charge is 0.313 e. The van der Waals surface area contributed by atoms with E-state index in [0.717, 1.165) is 17.5 Å². The first-order valence-electron chi connectivity index (χ1n) is 7.33. The van der Waals surface area contributed by atoms with Crippen LogP contribution in [0.1, 0.15) is 42.9 Å². The van der Waals surface area contributed by atoms with E-state index in [1.54, 1.807) is 7.05 Å². The van der Waals surface area contributed by atoms with Gasteiger partial charge in [-0.2, -0.15) is 13.2 Å². The molecule has 0 aromatic heterocycles. The summed E-state index contributed by atoms with van der Waals surface area (Å²) in [6, 6.07) is 5.68. The Morgan fingerprint density at radius 1 is 1.29 bits per heavy atom. The fraction of sp³-hybridized carbons (Fsp3) is 0.625. The van der Waals surface area contributed by atoms with Crippen LogP contribution in [0, 0.1) is 18.8 Å². The van der Waals surface area contributed by atoms with E-state index in [1.807, 2.05) is 25.1 Å². The molecule has 5 heteroatoms. The van der Waals surface area contributed by atoms with Crippen LogP contribution in [0.15, 0.2) is 18.2 Å². The van der Waals surface area contributed by atoms with Crippen molar-refractivity contribution in [3.8, 4) is 0 Å². The van der Waals surface area contributed by atoms with Gasteiger partial charge in [-0.1, -0.05) is 30.2 Å². The van der Waals surface area contributed by atoms with Crippen molar-refractivity contribution in [2.75, 3.05) is 7.05 Å². The van der Waals surface area contributed by atoms with E-state index < -0.39 is 12.1 Å². The third kappa shape index (κ3) is 3.92. The summed E-state index contributed by atoms with van der Waals surface area (Å²) in [5.74, 6) is -1.18. The summed E-state index contributed by atoms with van der Waals surface area (Å²) in [6.07, 6.45) is -2.18. The van der Waals surface area contributed by atoms with Crippen LogP contribution >= 0.6 is 11.6 Å². The summed E-state index contributed by atoms with van der Waals surface area (Å²) < 4.78 is 38.9. The fourth-order valence-corrected chi connectivity index (χ4v) is 3.49. The molecule has 3 unspecified atom stereocenters. The number of halogens is 4. The minimum absolute atomic E-state index is 0.00542. The van der Waals surface area contributed by atoms with E-state index in [9.17, 15) is 13.2 Å². The van der Waals surface area contributed by atoms with Crippen molar-refractivity contribution in [2.24, 2.45) is 11.8 Å². The van der Waals surface area contributed by atoms with Crippen LogP contribution in [0.4, 0.5) is 13.2 Å². The van der Waals surface area contributed by atoms with Crippen LogP contribution in [-0.2, 0) is 0 Å². The topological polar surface area (TPSA) is 12.0 Å². The van der Waals surface area contributed by atoms with Gasteiger partial charge in [0.2, 0.25) is 0 Å². The maximum atomic E-state index is 13.0. The summed E-state index contributed by atoms with van der Waals surface area (Å²) in [7, 11) is 1.80. The average molecular weight is 320 g/mol. The number of hydrogen-bond donors (Lipinski definition) is 1. The lowest BCUT2D eigenvalue weighted by molar-refractivity contribution is -0.186. The molecule has 0 amide bonds. The van der Waals surface area contributed by atoms with Gasteiger partial charge in [-0.05, 0) is 56.3 Å². The molecule has 1 aliphatic carbocycles. The Labute approximate surface area is 128 Å². The lowest BCUT2D eigenvalue weighted by Gasteiger charge is -2.35. The largest absolute Gasteiger partial charge is 0.391 e. The maximum absolute atomic E-state index is 13.0. The lowest BCUT2D eigenvalue weighted by Crippen LogP contribution is -2.34. The van der Waals surface area contributed by atoms with Gasteiger partial charge in [0.05, 0.1) is 5.92 Å². The first-order valence-corrected chi connectivity index (χ1v) is 7.70. The van der Waals surface area contributed by atoms with Crippen molar-refractivity contribution in [2.45, 2.75) is 44.8 Å². The van der Waals surface area contributed by atoms with Crippen LogP contribution in [0.3, 0.4) is 0 Å². The summed E-state index contributed by atoms with van der Waals surface area (Å²) in [6.45, 7) is 1.92. The lowest BCUT2D eigenvalue weighted by atomic mass is 9.75. The molecule has 0 aliphatic heterocycles. The molecule has 1 aromatic carbocycles. The number of hydrogen-bond acceptors (Lipinski definition) is 1. The monoisotopic (exact) mass is 319 g/mol. The van der Waals surface area contributed by atoms with Crippen LogP contribution < -0.4 is 5.32 Å². The molecule has 0 radical (unpaired) electrons. The normalized spacial score (nSPS) is 24.9. The zero-order valence-electron chi connectivity index (χ0n) is 12.3. The number of aryl methyl sites for hydroxylation is 1. The molecule has 0 saturated heterocycles. The molecule has 0 spiro atoms. The van der Waals surface area contributed by atoms with Gasteiger partial charge >= 0.3 is 6.18 Å². The van der Waals surface area contributed by atoms with E-state index in [-0.39, 0.29) is 24.8 Å². The van der Waals surface area contributed by atoms with Gasteiger partial charge in [-0.15, -0.1) is 0 Å². The van der Waals surface area contributed by atoms with Gasteiger partial charge in [-0.3, -0.25) is 0 Å². The van der Waals surface area contributed by atoms with Crippen molar-refractivity contribution in [3.63, 3.8) is 0 Å². The van der Waals surface area contributed by atoms with Crippen molar-refractivity contribution >= 4 is 11.6 Å². The molecule has 21 heavy (non-hydrogen) atoms. The molecule has 118 valence electrons. The number of nitrogens with one attached hydrogen (secondary N) is 1. The van der Waals surface area contributed by atoms with Gasteiger partial charge in [0.25, 0.3) is 0 Å². The minimum Gasteiger partial charge on any atom is -0.313 e. The second kappa shape index (κ2) is 6.57. The molecule has 1 fully saturated rings. The molecule has 1 nitrogen and oxygen atoms in total. The van der Waals surface area contributed by atoms with Gasteiger partial charge in [-0.25, -0.2) is 0 Å². The second-order valence-corrected chi connectivity index (χ2v) is 6.35. The molecule has 2 rings (SSSR count). The summed E-state index contributed by atoms with van der Waals surface area (Å²) in [5.41, 5.74) is 1.95. The molecule has 0 bridgehead atoms. The standard InChI is InChI=1S/C16H21ClF3N/c1-10-6-7-12(9-14(10)17)15(21-2)11-4-3-5-13(8-11)16(18,19)20/h6-7,9,11,13,15,21H,3-5,8H2,1-2H3. The number of rotatable bonds is 3. The Bertz CT molecular complexity index is 487. The number of benzene rings is 1. The van der Waals surface area contributed by atoms with Crippen molar-refractivity contribution in [1.82, 2.24) is 5.32 Å². The highest BCUT2D eigenvalue weighted by atomic mass is 35.5. The van der Waals surface area contributed by atoms with Gasteiger partial charge in [0.1, 0.15) is 0 Å². The highest BCUT2D eigenvalue weighted by molar-refractivity contribution is 6.31. The Balaban J connectivity index is 2.18. The predicted molar refractivity (Wildman–Crippen MR) is 79.5 cm³/mol. The van der Waals surface area contributed by atoms with E-state index in [0.29, 0.717) is 11.4 Å². The van der Waals surface area contributed by atoms with Gasteiger partial charge in [0.15, 0.2) is 0 Å². The maximum Gasteiger partial charge on any atom is 0.391 e. The SMILES string of the molecule is CNC(c1ccc(C)c(Cl)c1)C1CCCC(C(F)(F)F)C1. The van der Waals surface area contributed by atoms with Crippen molar-refractivity contribution in [3.05, 3.63) is 34.3 Å². The molecule has 1 saturated carbocycles. The Morgan fingerprint density at radius 3 is 2.57 bits per heavy atom. The van der Waals surface area contributed by atoms with Gasteiger partial charge < -0.3 is 5.32 Å². The Morgan fingerprint density at radius 2 is 2.00 bits per heavy atom. The van der Waals surface area contributed by atoms with Crippen LogP contribution in [0.25, 0.3) is 0 Å². The highest BCUT2D eigenvalue weighted by Crippen LogP contribution is 2.44. The predicted octanol–water partition coefficient (Wildman–Crippen LogP) is 5.28. The highest BCUT2D eigenvalue weighted by Gasteiger charge is 2.43. The molecular weight excluding hydrogens is 299 g/mol. The number of alkyl halides is 3. The zero-order valence-corrected chi connectivity index (χ0v) is 13.1. The summed E-state index contributed by atoms with van der Waals surface area (Å²) in [5, 5.41) is 3.84. The quantitative estimate of drug-likeness (QED) is 0.799. The van der Waals surface area contributed by atoms with Gasteiger partial charge in [0, 0.05) is 11.1 Å². The van der Waals surface area contributed by atoms with E-state index in [1.165, 1.54) is 0 Å². The van der Waals surface area contributed by atoms with Crippen LogP contribution in [-0.4, -0.2) is 13.2 Å². The molecule has 0 heterocycles. The van der Waals surface area contributed by atoms with Crippen molar-refractivity contribution in [1.29, 1.82) is 0 Å². The third-order valence-electron chi connectivity index (χ3n) is 4.52. The molecule has 1 aliphatic rings. The molecule has 1 N–H and O–H groups in total. The molecule has 3 atom stereocenters. The molecule has 1 aromatic rings. The Kier molecular flexibility index (Phi) is 5.20. The fourth-order valence-electron chi connectivity index (χ4n) is 3.30. The first kappa shape index (κ1) is 16.6. The second-order valence-electron chi connectivity index (χ2n) is 5.94. The molecular formula is C16H21ClF3N. The van der Waals surface area contributed by atoms with E-state index in [2.05, 4.69) is 5.32 Å². The summed E-state index contributed by atoms with van der Waals surface area (Å²) >= 11 is 6.15. The van der Waals surface area contributed by atoms with Crippen molar-refractivity contribution < 1.29 is 13.2 Å². The zero-order chi connectivity index (χ0) is 15.6. The average Bonchev–Trinajstić information content (AvgIpc) is 2.43. The summed E-state index contributed by atoms with van der Waals surface area (Å²) in [4.78, 5) is 0. The minimum atomic E-state index is -4.08. The third-order valence-corrected chi connectivity index (χ3v) is 4.92. The Hall–Kier alpha value is -0.740. The van der Waals surface area contributed by atoms with E-state index >= 15 is 0 Å². The van der Waals surface area contributed by atoms with E-state index in [4.69, 9.17) is 11.6 Å². The van der Waals surface area contributed by atoms with Crippen LogP contribution in [0.5, 0.6) is 0 Å². The first-order chi connectivity index (χ1) is 9.82.